The summed E-state index contributed by atoms with van der Waals surface area (Å²) in [6.07, 6.45) is 0. The van der Waals surface area contributed by atoms with E-state index >= 15 is 0 Å². The van der Waals surface area contributed by atoms with Crippen LogP contribution in [0.2, 0.25) is 0 Å². The summed E-state index contributed by atoms with van der Waals surface area (Å²) in [5.74, 6) is 0. The topological polar surface area (TPSA) is 58.6 Å². The van der Waals surface area contributed by atoms with Crippen molar-refractivity contribution in [1.82, 2.24) is 9.62 Å². The van der Waals surface area contributed by atoms with Crippen LogP contribution in [0.5, 0.6) is 0 Å². The maximum atomic E-state index is 12.8. The number of thiophene rings is 1. The lowest BCUT2D eigenvalue weighted by molar-refractivity contribution is -0.0640. The third kappa shape index (κ3) is 3.84. The number of hydrogen-bond acceptors (Lipinski definition) is 5. The number of morpholine rings is 1. The summed E-state index contributed by atoms with van der Waals surface area (Å²) in [4.78, 5) is 2.35. The third-order valence-electron chi connectivity index (χ3n) is 3.48. The number of sulfonamides is 1. The molecule has 5 nitrogen and oxygen atoms in total. The van der Waals surface area contributed by atoms with Crippen molar-refractivity contribution >= 4 is 21.4 Å². The van der Waals surface area contributed by atoms with E-state index in [1.807, 2.05) is 27.7 Å². The molecule has 0 saturated carbocycles. The second-order valence-electron chi connectivity index (χ2n) is 5.86. The Bertz CT molecular complexity index is 593. The van der Waals surface area contributed by atoms with Crippen molar-refractivity contribution in [3.8, 4) is 0 Å². The number of aryl methyl sites for hydroxylation is 1. The zero-order chi connectivity index (χ0) is 15.7. The van der Waals surface area contributed by atoms with Crippen LogP contribution in [0.25, 0.3) is 0 Å². The van der Waals surface area contributed by atoms with E-state index in [0.717, 1.165) is 16.3 Å². The molecule has 7 heteroatoms. The average molecular weight is 332 g/mol. The third-order valence-corrected chi connectivity index (χ3v) is 6.63. The lowest BCUT2D eigenvalue weighted by atomic mass is 10.1. The van der Waals surface area contributed by atoms with Gasteiger partial charge in [0.15, 0.2) is 0 Å². The van der Waals surface area contributed by atoms with E-state index in [4.69, 9.17) is 4.74 Å². The van der Waals surface area contributed by atoms with E-state index in [-0.39, 0.29) is 0 Å². The van der Waals surface area contributed by atoms with Crippen LogP contribution in [-0.4, -0.2) is 44.6 Å². The molecule has 0 aliphatic carbocycles. The summed E-state index contributed by atoms with van der Waals surface area (Å²) < 4.78 is 32.8. The molecule has 120 valence electrons. The Morgan fingerprint density at radius 2 is 2.19 bits per heavy atom. The van der Waals surface area contributed by atoms with Gasteiger partial charge in [-0.1, -0.05) is 6.92 Å². The minimum Gasteiger partial charge on any atom is -0.373 e. The highest BCUT2D eigenvalue weighted by atomic mass is 32.2. The van der Waals surface area contributed by atoms with Gasteiger partial charge in [0, 0.05) is 29.4 Å². The van der Waals surface area contributed by atoms with Gasteiger partial charge in [-0.15, -0.1) is 11.3 Å². The molecule has 0 radical (unpaired) electrons. The average Bonchev–Trinajstić information content (AvgIpc) is 2.77. The molecule has 0 unspecified atom stereocenters. The van der Waals surface area contributed by atoms with Crippen LogP contribution in [0.1, 0.15) is 30.5 Å². The van der Waals surface area contributed by atoms with Crippen molar-refractivity contribution in [2.75, 3.05) is 26.2 Å². The van der Waals surface area contributed by atoms with E-state index in [1.165, 1.54) is 0 Å². The summed E-state index contributed by atoms with van der Waals surface area (Å²) >= 11 is 1.55. The number of rotatable bonds is 5. The molecule has 0 aromatic carbocycles. The zero-order valence-electron chi connectivity index (χ0n) is 13.1. The van der Waals surface area contributed by atoms with Gasteiger partial charge in [-0.2, -0.15) is 4.31 Å². The van der Waals surface area contributed by atoms with Crippen LogP contribution >= 0.6 is 11.3 Å². The van der Waals surface area contributed by atoms with Crippen molar-refractivity contribution in [2.24, 2.45) is 0 Å². The molecule has 1 aliphatic heterocycles. The van der Waals surface area contributed by atoms with Gasteiger partial charge in [0.2, 0.25) is 10.0 Å². The second-order valence-corrected chi connectivity index (χ2v) is 9.11. The van der Waals surface area contributed by atoms with Gasteiger partial charge in [-0.3, -0.25) is 0 Å². The molecule has 1 aromatic rings. The quantitative estimate of drug-likeness (QED) is 0.895. The summed E-state index contributed by atoms with van der Waals surface area (Å²) in [5.41, 5.74) is -0.429. The molecule has 0 spiro atoms. The van der Waals surface area contributed by atoms with E-state index in [2.05, 4.69) is 5.32 Å². The fraction of sp³-hybridized carbons (Fsp3) is 0.714. The van der Waals surface area contributed by atoms with Gasteiger partial charge in [0.05, 0.1) is 17.1 Å². The molecular formula is C14H24N2O3S2. The van der Waals surface area contributed by atoms with Crippen molar-refractivity contribution < 1.29 is 13.2 Å². The second kappa shape index (κ2) is 6.34. The van der Waals surface area contributed by atoms with Gasteiger partial charge in [-0.05, 0) is 33.4 Å². The number of nitrogens with one attached hydrogen (secondary N) is 1. The van der Waals surface area contributed by atoms with E-state index in [9.17, 15) is 8.42 Å². The highest BCUT2D eigenvalue weighted by Crippen LogP contribution is 2.30. The van der Waals surface area contributed by atoms with Crippen LogP contribution in [0.15, 0.2) is 11.0 Å². The Labute approximate surface area is 131 Å². The summed E-state index contributed by atoms with van der Waals surface area (Å²) in [6, 6.07) is 1.81. The van der Waals surface area contributed by atoms with Gasteiger partial charge < -0.3 is 10.1 Å². The molecule has 2 heterocycles. The van der Waals surface area contributed by atoms with Crippen molar-refractivity contribution in [2.45, 2.75) is 44.7 Å². The molecule has 1 saturated heterocycles. The Hall–Kier alpha value is -0.470. The highest BCUT2D eigenvalue weighted by Gasteiger charge is 2.36. The Balaban J connectivity index is 2.25. The van der Waals surface area contributed by atoms with Gasteiger partial charge in [-0.25, -0.2) is 8.42 Å². The first-order valence-electron chi connectivity index (χ1n) is 7.20. The summed E-state index contributed by atoms with van der Waals surface area (Å²) in [7, 11) is -3.43. The first kappa shape index (κ1) is 16.9. The Kier molecular flexibility index (Phi) is 5.10. The van der Waals surface area contributed by atoms with Gasteiger partial charge in [0.25, 0.3) is 0 Å². The van der Waals surface area contributed by atoms with Crippen LogP contribution in [0.4, 0.5) is 0 Å². The SMILES string of the molecule is CCNCc1cc(S(=O)(=O)N2CCOC(C)(C)C2)c(C)s1. The molecule has 1 aliphatic rings. The normalized spacial score (nSPS) is 19.8. The smallest absolute Gasteiger partial charge is 0.244 e. The largest absolute Gasteiger partial charge is 0.373 e. The fourth-order valence-electron chi connectivity index (χ4n) is 2.43. The first-order chi connectivity index (χ1) is 9.76. The summed E-state index contributed by atoms with van der Waals surface area (Å²) in [6.45, 7) is 10.6. The zero-order valence-corrected chi connectivity index (χ0v) is 14.7. The van der Waals surface area contributed by atoms with Gasteiger partial charge in [0.1, 0.15) is 0 Å². The molecule has 0 atom stereocenters. The molecule has 1 aromatic heterocycles. The molecule has 0 bridgehead atoms. The van der Waals surface area contributed by atoms with Crippen molar-refractivity contribution in [3.05, 3.63) is 15.8 Å². The van der Waals surface area contributed by atoms with Crippen molar-refractivity contribution in [3.63, 3.8) is 0 Å². The standard InChI is InChI=1S/C14H24N2O3S2/c1-5-15-9-12-8-13(11(2)20-12)21(17,18)16-6-7-19-14(3,4)10-16/h8,15H,5-7,9-10H2,1-4H3. The van der Waals surface area contributed by atoms with E-state index < -0.39 is 15.6 Å². The number of ether oxygens (including phenoxy) is 1. The van der Waals surface area contributed by atoms with Crippen molar-refractivity contribution in [1.29, 1.82) is 0 Å². The molecule has 0 amide bonds. The summed E-state index contributed by atoms with van der Waals surface area (Å²) in [5, 5.41) is 3.23. The van der Waals surface area contributed by atoms with Crippen LogP contribution in [0, 0.1) is 6.92 Å². The lowest BCUT2D eigenvalue weighted by Gasteiger charge is -2.37. The predicted molar refractivity (Wildman–Crippen MR) is 85.2 cm³/mol. The maximum absolute atomic E-state index is 12.8. The molecule has 1 fully saturated rings. The number of hydrogen-bond donors (Lipinski definition) is 1. The predicted octanol–water partition coefficient (Wildman–Crippen LogP) is 1.97. The Morgan fingerprint density at radius 3 is 2.81 bits per heavy atom. The fourth-order valence-corrected chi connectivity index (χ4v) is 5.58. The minimum atomic E-state index is -3.43. The maximum Gasteiger partial charge on any atom is 0.244 e. The Morgan fingerprint density at radius 1 is 1.48 bits per heavy atom. The lowest BCUT2D eigenvalue weighted by Crippen LogP contribution is -2.50. The van der Waals surface area contributed by atoms with E-state index in [1.54, 1.807) is 21.7 Å². The highest BCUT2D eigenvalue weighted by molar-refractivity contribution is 7.89. The monoisotopic (exact) mass is 332 g/mol. The first-order valence-corrected chi connectivity index (χ1v) is 9.46. The molecule has 2 rings (SSSR count). The van der Waals surface area contributed by atoms with Gasteiger partial charge >= 0.3 is 0 Å². The number of nitrogens with zero attached hydrogens (tertiary/aromatic N) is 1. The molecular weight excluding hydrogens is 308 g/mol. The minimum absolute atomic E-state index is 0.396. The van der Waals surface area contributed by atoms with E-state index in [0.29, 0.717) is 31.1 Å². The molecule has 21 heavy (non-hydrogen) atoms. The van der Waals surface area contributed by atoms with Crippen LogP contribution < -0.4 is 5.32 Å². The van der Waals surface area contributed by atoms with Crippen LogP contribution in [0.3, 0.4) is 0 Å². The van der Waals surface area contributed by atoms with Crippen LogP contribution in [-0.2, 0) is 21.3 Å². The molecule has 1 N–H and O–H groups in total.